The number of thiophene rings is 1. The number of thiazole rings is 1. The van der Waals surface area contributed by atoms with Gasteiger partial charge in [0.25, 0.3) is 0 Å². The summed E-state index contributed by atoms with van der Waals surface area (Å²) in [6.07, 6.45) is 0.191. The molecule has 0 atom stereocenters. The van der Waals surface area contributed by atoms with E-state index in [0.29, 0.717) is 13.1 Å². The summed E-state index contributed by atoms with van der Waals surface area (Å²) in [5.41, 5.74) is 1.91. The molecular weight excluding hydrogens is 404 g/mol. The van der Waals surface area contributed by atoms with E-state index in [2.05, 4.69) is 27.3 Å². The smallest absolute Gasteiger partial charge is 0.242 e. The number of piperazine rings is 1. The summed E-state index contributed by atoms with van der Waals surface area (Å²) in [6.45, 7) is 2.97. The highest BCUT2D eigenvalue weighted by molar-refractivity contribution is 7.20. The molecule has 8 heteroatoms. The molecule has 0 spiro atoms. The number of nitrogens with zero attached hydrogens (tertiary/aromatic N) is 3. The van der Waals surface area contributed by atoms with Crippen molar-refractivity contribution in [1.82, 2.24) is 15.2 Å². The van der Waals surface area contributed by atoms with Crippen molar-refractivity contribution in [2.24, 2.45) is 0 Å². The molecular formula is C21H22N4O2S2. The van der Waals surface area contributed by atoms with Crippen LogP contribution >= 0.6 is 22.7 Å². The summed E-state index contributed by atoms with van der Waals surface area (Å²) in [5, 5.41) is 7.58. The Kier molecular flexibility index (Phi) is 6.21. The number of carbonyl (C=O) groups excluding carboxylic acids is 2. The number of nitrogens with one attached hydrogen (secondary N) is 1. The Morgan fingerprint density at radius 1 is 1.00 bits per heavy atom. The summed E-state index contributed by atoms with van der Waals surface area (Å²) in [6, 6.07) is 14.2. The first kappa shape index (κ1) is 19.6. The monoisotopic (exact) mass is 426 g/mol. The van der Waals surface area contributed by atoms with Gasteiger partial charge in [-0.1, -0.05) is 24.3 Å². The molecule has 0 unspecified atom stereocenters. The number of aromatic nitrogens is 1. The van der Waals surface area contributed by atoms with Crippen LogP contribution in [0.2, 0.25) is 0 Å². The number of rotatable bonds is 6. The normalized spacial score (nSPS) is 14.1. The van der Waals surface area contributed by atoms with E-state index >= 15 is 0 Å². The Labute approximate surface area is 177 Å². The fraction of sp³-hybridized carbons (Fsp3) is 0.286. The van der Waals surface area contributed by atoms with Crippen LogP contribution in [0.3, 0.4) is 0 Å². The second-order valence-electron chi connectivity index (χ2n) is 6.78. The third kappa shape index (κ3) is 5.02. The van der Waals surface area contributed by atoms with Gasteiger partial charge in [-0.25, -0.2) is 4.98 Å². The van der Waals surface area contributed by atoms with Crippen LogP contribution in [0.4, 0.5) is 5.69 Å². The summed E-state index contributed by atoms with van der Waals surface area (Å²) in [5.74, 6) is -0.215. The SMILES string of the molecule is O=C(Cc1csc(-c2cccs2)n1)NCC(=O)N1CCN(c2ccccc2)CC1. The Balaban J connectivity index is 1.21. The maximum Gasteiger partial charge on any atom is 0.242 e. The molecule has 2 aromatic heterocycles. The zero-order chi connectivity index (χ0) is 20.1. The molecule has 1 aromatic carbocycles. The van der Waals surface area contributed by atoms with Crippen molar-refractivity contribution in [1.29, 1.82) is 0 Å². The number of benzene rings is 1. The second kappa shape index (κ2) is 9.19. The number of carbonyl (C=O) groups is 2. The molecule has 1 aliphatic heterocycles. The fourth-order valence-corrected chi connectivity index (χ4v) is 4.90. The Bertz CT molecular complexity index is 948. The maximum atomic E-state index is 12.4. The molecule has 150 valence electrons. The zero-order valence-electron chi connectivity index (χ0n) is 15.9. The third-order valence-corrected chi connectivity index (χ3v) is 6.75. The Hall–Kier alpha value is -2.71. The largest absolute Gasteiger partial charge is 0.368 e. The summed E-state index contributed by atoms with van der Waals surface area (Å²) < 4.78 is 0. The molecule has 1 aliphatic rings. The second-order valence-corrected chi connectivity index (χ2v) is 8.58. The van der Waals surface area contributed by atoms with Gasteiger partial charge >= 0.3 is 0 Å². The highest BCUT2D eigenvalue weighted by atomic mass is 32.1. The Morgan fingerprint density at radius 3 is 2.52 bits per heavy atom. The van der Waals surface area contributed by atoms with Gasteiger partial charge in [0.05, 0.1) is 23.5 Å². The van der Waals surface area contributed by atoms with E-state index in [4.69, 9.17) is 0 Å². The molecule has 1 N–H and O–H groups in total. The van der Waals surface area contributed by atoms with Gasteiger partial charge in [0.2, 0.25) is 11.8 Å². The van der Waals surface area contributed by atoms with E-state index in [1.165, 1.54) is 17.0 Å². The topological polar surface area (TPSA) is 65.5 Å². The van der Waals surface area contributed by atoms with Crippen LogP contribution in [0.1, 0.15) is 5.69 Å². The van der Waals surface area contributed by atoms with Gasteiger partial charge in [-0.05, 0) is 23.6 Å². The van der Waals surface area contributed by atoms with Gasteiger partial charge < -0.3 is 15.1 Å². The minimum atomic E-state index is -0.177. The van der Waals surface area contributed by atoms with Crippen LogP contribution in [-0.2, 0) is 16.0 Å². The summed E-state index contributed by atoms with van der Waals surface area (Å²) in [4.78, 5) is 34.4. The van der Waals surface area contributed by atoms with Crippen LogP contribution in [0.5, 0.6) is 0 Å². The van der Waals surface area contributed by atoms with Crippen molar-refractivity contribution < 1.29 is 9.59 Å². The standard InChI is InChI=1S/C21H22N4O2S2/c26-19(13-16-15-29-21(23-16)18-7-4-12-28-18)22-14-20(27)25-10-8-24(9-11-25)17-5-2-1-3-6-17/h1-7,12,15H,8-11,13-14H2,(H,22,26). The lowest BCUT2D eigenvalue weighted by Gasteiger charge is -2.36. The molecule has 4 rings (SSSR count). The molecule has 29 heavy (non-hydrogen) atoms. The van der Waals surface area contributed by atoms with Crippen LogP contribution in [0.25, 0.3) is 9.88 Å². The van der Waals surface area contributed by atoms with E-state index in [-0.39, 0.29) is 24.8 Å². The van der Waals surface area contributed by atoms with Crippen LogP contribution in [0.15, 0.2) is 53.2 Å². The molecule has 6 nitrogen and oxygen atoms in total. The van der Waals surface area contributed by atoms with Crippen LogP contribution < -0.4 is 10.2 Å². The number of hydrogen-bond acceptors (Lipinski definition) is 6. The number of anilines is 1. The molecule has 0 saturated carbocycles. The Morgan fingerprint density at radius 2 is 1.79 bits per heavy atom. The lowest BCUT2D eigenvalue weighted by atomic mass is 10.2. The quantitative estimate of drug-likeness (QED) is 0.658. The van der Waals surface area contributed by atoms with Crippen molar-refractivity contribution in [3.63, 3.8) is 0 Å². The summed E-state index contributed by atoms with van der Waals surface area (Å²) in [7, 11) is 0. The molecule has 3 aromatic rings. The average Bonchev–Trinajstić information content (AvgIpc) is 3.45. The molecule has 0 bridgehead atoms. The van der Waals surface area contributed by atoms with Gasteiger partial charge in [-0.2, -0.15) is 0 Å². The van der Waals surface area contributed by atoms with E-state index in [0.717, 1.165) is 28.7 Å². The van der Waals surface area contributed by atoms with Crippen molar-refractivity contribution in [3.05, 3.63) is 58.9 Å². The van der Waals surface area contributed by atoms with Gasteiger partial charge in [0.1, 0.15) is 5.01 Å². The van der Waals surface area contributed by atoms with Crippen molar-refractivity contribution in [2.75, 3.05) is 37.6 Å². The fourth-order valence-electron chi connectivity index (χ4n) is 3.27. The summed E-state index contributed by atoms with van der Waals surface area (Å²) >= 11 is 3.16. The predicted molar refractivity (Wildman–Crippen MR) is 117 cm³/mol. The van der Waals surface area contributed by atoms with Gasteiger partial charge in [-0.3, -0.25) is 9.59 Å². The number of para-hydroxylation sites is 1. The number of amides is 2. The van der Waals surface area contributed by atoms with Gasteiger partial charge in [0.15, 0.2) is 0 Å². The van der Waals surface area contributed by atoms with Crippen LogP contribution in [0, 0.1) is 0 Å². The maximum absolute atomic E-state index is 12.4. The molecule has 2 amide bonds. The lowest BCUT2D eigenvalue weighted by Crippen LogP contribution is -2.51. The lowest BCUT2D eigenvalue weighted by molar-refractivity contribution is -0.133. The highest BCUT2D eigenvalue weighted by Gasteiger charge is 2.21. The van der Waals surface area contributed by atoms with Crippen molar-refractivity contribution >= 4 is 40.2 Å². The first-order chi connectivity index (χ1) is 14.2. The highest BCUT2D eigenvalue weighted by Crippen LogP contribution is 2.27. The van der Waals surface area contributed by atoms with E-state index < -0.39 is 0 Å². The number of hydrogen-bond donors (Lipinski definition) is 1. The van der Waals surface area contributed by atoms with Gasteiger partial charge in [0, 0.05) is 37.2 Å². The van der Waals surface area contributed by atoms with Gasteiger partial charge in [-0.15, -0.1) is 22.7 Å². The predicted octanol–water partition coefficient (Wildman–Crippen LogP) is 2.88. The first-order valence-corrected chi connectivity index (χ1v) is 11.3. The molecule has 0 aliphatic carbocycles. The van der Waals surface area contributed by atoms with E-state index in [1.54, 1.807) is 11.3 Å². The molecule has 0 radical (unpaired) electrons. The van der Waals surface area contributed by atoms with Crippen molar-refractivity contribution in [2.45, 2.75) is 6.42 Å². The molecule has 3 heterocycles. The van der Waals surface area contributed by atoms with E-state index in [9.17, 15) is 9.59 Å². The minimum Gasteiger partial charge on any atom is -0.368 e. The first-order valence-electron chi connectivity index (χ1n) is 9.52. The average molecular weight is 427 g/mol. The minimum absolute atomic E-state index is 0.0338. The van der Waals surface area contributed by atoms with Crippen molar-refractivity contribution in [3.8, 4) is 9.88 Å². The van der Waals surface area contributed by atoms with E-state index in [1.807, 2.05) is 46.0 Å². The molecule has 1 fully saturated rings. The third-order valence-electron chi connectivity index (χ3n) is 4.82. The zero-order valence-corrected chi connectivity index (χ0v) is 17.5. The molecule has 1 saturated heterocycles. The van der Waals surface area contributed by atoms with Crippen LogP contribution in [-0.4, -0.2) is 54.4 Å².